The van der Waals surface area contributed by atoms with Crippen LogP contribution in [-0.4, -0.2) is 11.2 Å². The number of rotatable bonds is 7. The molecule has 1 heteroatoms. The molecule has 0 saturated heterocycles. The molecule has 0 aliphatic heterocycles. The van der Waals surface area contributed by atoms with E-state index >= 15 is 0 Å². The Morgan fingerprint density at radius 1 is 1.20 bits per heavy atom. The van der Waals surface area contributed by atoms with Gasteiger partial charge in [-0.25, -0.2) is 0 Å². The number of aliphatic hydroxyl groups excluding tert-OH is 1. The maximum absolute atomic E-state index is 9.95. The van der Waals surface area contributed by atoms with E-state index in [1.165, 1.54) is 12.0 Å². The molecule has 0 aromatic rings. The summed E-state index contributed by atoms with van der Waals surface area (Å²) in [7, 11) is 0. The minimum absolute atomic E-state index is 0.130. The van der Waals surface area contributed by atoms with E-state index in [0.29, 0.717) is 5.92 Å². The van der Waals surface area contributed by atoms with Crippen LogP contribution >= 0.6 is 0 Å². The minimum atomic E-state index is -0.130. The van der Waals surface area contributed by atoms with Gasteiger partial charge in [-0.05, 0) is 44.9 Å². The second-order valence-electron chi connectivity index (χ2n) is 5.15. The number of aliphatic hydroxyl groups is 1. The Labute approximate surface area is 95.6 Å². The van der Waals surface area contributed by atoms with Gasteiger partial charge < -0.3 is 5.11 Å². The van der Waals surface area contributed by atoms with Crippen LogP contribution in [-0.2, 0) is 0 Å². The van der Waals surface area contributed by atoms with Gasteiger partial charge in [-0.3, -0.25) is 0 Å². The molecule has 15 heavy (non-hydrogen) atoms. The van der Waals surface area contributed by atoms with Crippen LogP contribution in [0.5, 0.6) is 0 Å². The summed E-state index contributed by atoms with van der Waals surface area (Å²) in [6.07, 6.45) is 6.41. The van der Waals surface area contributed by atoms with E-state index < -0.39 is 0 Å². The molecule has 0 bridgehead atoms. The van der Waals surface area contributed by atoms with E-state index in [0.717, 1.165) is 25.2 Å². The molecule has 0 aromatic carbocycles. The maximum Gasteiger partial charge on any atom is 0.0568 e. The average molecular weight is 212 g/mol. The van der Waals surface area contributed by atoms with E-state index in [-0.39, 0.29) is 6.10 Å². The lowest BCUT2D eigenvalue weighted by Crippen LogP contribution is -2.18. The summed E-state index contributed by atoms with van der Waals surface area (Å²) >= 11 is 0. The third-order valence-corrected chi connectivity index (χ3v) is 3.21. The molecule has 0 aliphatic carbocycles. The van der Waals surface area contributed by atoms with Crippen LogP contribution in [0.15, 0.2) is 11.6 Å². The predicted molar refractivity (Wildman–Crippen MR) is 67.9 cm³/mol. The van der Waals surface area contributed by atoms with Crippen molar-refractivity contribution in [3.63, 3.8) is 0 Å². The Kier molecular flexibility index (Phi) is 7.76. The van der Waals surface area contributed by atoms with Gasteiger partial charge >= 0.3 is 0 Å². The molecule has 0 aromatic heterocycles. The Bertz CT molecular complexity index is 180. The third kappa shape index (κ3) is 7.61. The topological polar surface area (TPSA) is 20.2 Å². The third-order valence-electron chi connectivity index (χ3n) is 3.21. The first-order chi connectivity index (χ1) is 6.97. The highest BCUT2D eigenvalue weighted by atomic mass is 16.3. The molecule has 3 unspecified atom stereocenters. The lowest BCUT2D eigenvalue weighted by molar-refractivity contribution is 0.102. The van der Waals surface area contributed by atoms with Crippen molar-refractivity contribution < 1.29 is 5.11 Å². The lowest BCUT2D eigenvalue weighted by Gasteiger charge is -2.19. The summed E-state index contributed by atoms with van der Waals surface area (Å²) in [5, 5.41) is 9.95. The smallest absolute Gasteiger partial charge is 0.0568 e. The monoisotopic (exact) mass is 212 g/mol. The van der Waals surface area contributed by atoms with Crippen molar-refractivity contribution in [1.29, 1.82) is 0 Å². The van der Waals surface area contributed by atoms with Crippen LogP contribution in [0.2, 0.25) is 0 Å². The minimum Gasteiger partial charge on any atom is -0.393 e. The highest BCUT2D eigenvalue weighted by molar-refractivity contribution is 4.94. The summed E-state index contributed by atoms with van der Waals surface area (Å²) in [6.45, 7) is 10.8. The molecule has 0 amide bonds. The zero-order chi connectivity index (χ0) is 11.8. The molecule has 0 rings (SSSR count). The number of hydrogen-bond acceptors (Lipinski definition) is 1. The molecule has 0 fully saturated rings. The Balaban J connectivity index is 3.78. The van der Waals surface area contributed by atoms with Gasteiger partial charge in [-0.15, -0.1) is 0 Å². The average Bonchev–Trinajstić information content (AvgIpc) is 2.21. The molecule has 1 nitrogen and oxygen atoms in total. The van der Waals surface area contributed by atoms with Gasteiger partial charge in [0.05, 0.1) is 6.10 Å². The van der Waals surface area contributed by atoms with Gasteiger partial charge in [-0.1, -0.05) is 38.8 Å². The van der Waals surface area contributed by atoms with Gasteiger partial charge in [0.2, 0.25) is 0 Å². The van der Waals surface area contributed by atoms with Gasteiger partial charge in [0.15, 0.2) is 0 Å². The van der Waals surface area contributed by atoms with E-state index in [2.05, 4.69) is 40.7 Å². The molecular weight excluding hydrogens is 184 g/mol. The fraction of sp³-hybridized carbons (Fsp3) is 0.857. The summed E-state index contributed by atoms with van der Waals surface area (Å²) in [6, 6.07) is 0. The van der Waals surface area contributed by atoms with Crippen LogP contribution in [0.25, 0.3) is 0 Å². The van der Waals surface area contributed by atoms with Gasteiger partial charge in [-0.2, -0.15) is 0 Å². The van der Waals surface area contributed by atoms with Crippen LogP contribution in [0.1, 0.15) is 60.3 Å². The summed E-state index contributed by atoms with van der Waals surface area (Å²) < 4.78 is 0. The quantitative estimate of drug-likeness (QED) is 0.628. The normalized spacial score (nSPS) is 16.9. The fourth-order valence-electron chi connectivity index (χ4n) is 1.52. The fourth-order valence-corrected chi connectivity index (χ4v) is 1.52. The van der Waals surface area contributed by atoms with Crippen molar-refractivity contribution in [2.75, 3.05) is 0 Å². The highest BCUT2D eigenvalue weighted by Gasteiger charge is 2.13. The first kappa shape index (κ1) is 14.7. The number of hydrogen-bond donors (Lipinski definition) is 1. The largest absolute Gasteiger partial charge is 0.393 e. The second-order valence-corrected chi connectivity index (χ2v) is 5.15. The standard InChI is InChI=1S/C14H28O/c1-6-12(4)8-10-14(15)13(5)9-7-11(2)3/h7,12-15H,6,8-10H2,1-5H3. The van der Waals surface area contributed by atoms with Crippen molar-refractivity contribution in [1.82, 2.24) is 0 Å². The SMILES string of the molecule is CCC(C)CCC(O)C(C)CC=C(C)C. The van der Waals surface area contributed by atoms with Gasteiger partial charge in [0, 0.05) is 0 Å². The molecule has 3 atom stereocenters. The number of allylic oxidation sites excluding steroid dienone is 2. The van der Waals surface area contributed by atoms with Crippen LogP contribution in [0.3, 0.4) is 0 Å². The predicted octanol–water partition coefficient (Wildman–Crippen LogP) is 4.17. The van der Waals surface area contributed by atoms with Crippen LogP contribution < -0.4 is 0 Å². The van der Waals surface area contributed by atoms with Crippen molar-refractivity contribution in [3.8, 4) is 0 Å². The Hall–Kier alpha value is -0.300. The first-order valence-electron chi connectivity index (χ1n) is 6.28. The molecule has 0 spiro atoms. The Morgan fingerprint density at radius 2 is 1.80 bits per heavy atom. The maximum atomic E-state index is 9.95. The lowest BCUT2D eigenvalue weighted by atomic mass is 9.92. The van der Waals surface area contributed by atoms with Gasteiger partial charge in [0.1, 0.15) is 0 Å². The Morgan fingerprint density at radius 3 is 2.27 bits per heavy atom. The molecule has 0 saturated carbocycles. The van der Waals surface area contributed by atoms with Crippen molar-refractivity contribution in [2.24, 2.45) is 11.8 Å². The molecule has 1 N–H and O–H groups in total. The second kappa shape index (κ2) is 7.92. The molecule has 0 aliphatic rings. The highest BCUT2D eigenvalue weighted by Crippen LogP contribution is 2.18. The van der Waals surface area contributed by atoms with E-state index in [9.17, 15) is 5.11 Å². The van der Waals surface area contributed by atoms with E-state index in [1.54, 1.807) is 0 Å². The van der Waals surface area contributed by atoms with Gasteiger partial charge in [0.25, 0.3) is 0 Å². The van der Waals surface area contributed by atoms with E-state index in [1.807, 2.05) is 0 Å². The molecular formula is C14H28O. The summed E-state index contributed by atoms with van der Waals surface area (Å²) in [5.74, 6) is 1.14. The van der Waals surface area contributed by atoms with Crippen molar-refractivity contribution >= 4 is 0 Å². The van der Waals surface area contributed by atoms with Crippen LogP contribution in [0, 0.1) is 11.8 Å². The zero-order valence-corrected chi connectivity index (χ0v) is 11.1. The zero-order valence-electron chi connectivity index (χ0n) is 11.1. The summed E-state index contributed by atoms with van der Waals surface area (Å²) in [5.41, 5.74) is 1.34. The summed E-state index contributed by atoms with van der Waals surface area (Å²) in [4.78, 5) is 0. The van der Waals surface area contributed by atoms with Crippen LogP contribution in [0.4, 0.5) is 0 Å². The van der Waals surface area contributed by atoms with Crippen molar-refractivity contribution in [3.05, 3.63) is 11.6 Å². The first-order valence-corrected chi connectivity index (χ1v) is 6.28. The molecule has 90 valence electrons. The van der Waals surface area contributed by atoms with Crippen molar-refractivity contribution in [2.45, 2.75) is 66.4 Å². The van der Waals surface area contributed by atoms with E-state index in [4.69, 9.17) is 0 Å². The molecule has 0 heterocycles. The molecule has 0 radical (unpaired) electrons.